The summed E-state index contributed by atoms with van der Waals surface area (Å²) in [6, 6.07) is 15.8. The fraction of sp³-hybridized carbons (Fsp3) is 0.238. The highest BCUT2D eigenvalue weighted by Gasteiger charge is 2.26. The van der Waals surface area contributed by atoms with Crippen molar-refractivity contribution in [1.29, 1.82) is 0 Å². The summed E-state index contributed by atoms with van der Waals surface area (Å²) in [6.07, 6.45) is 0. The lowest BCUT2D eigenvalue weighted by Crippen LogP contribution is -2.50. The molecule has 0 aliphatic carbocycles. The van der Waals surface area contributed by atoms with Gasteiger partial charge in [-0.05, 0) is 48.9 Å². The van der Waals surface area contributed by atoms with Gasteiger partial charge in [-0.3, -0.25) is 9.59 Å². The fourth-order valence-electron chi connectivity index (χ4n) is 3.20. The van der Waals surface area contributed by atoms with E-state index in [-0.39, 0.29) is 11.8 Å². The van der Waals surface area contributed by atoms with Crippen LogP contribution in [0, 0.1) is 6.92 Å². The number of amides is 2. The number of piperazine rings is 1. The first-order valence-electron chi connectivity index (χ1n) is 9.02. The second-order valence-electron chi connectivity index (χ2n) is 6.67. The molecule has 0 spiro atoms. The van der Waals surface area contributed by atoms with Crippen molar-refractivity contribution in [3.05, 3.63) is 67.6 Å². The van der Waals surface area contributed by atoms with Gasteiger partial charge in [-0.2, -0.15) is 0 Å². The number of hydrogen-bond acceptors (Lipinski definition) is 4. The Hall–Kier alpha value is -1.96. The number of carbonyl (C=O) groups is 2. The van der Waals surface area contributed by atoms with Gasteiger partial charge in [0.1, 0.15) is 0 Å². The molecule has 0 N–H and O–H groups in total. The van der Waals surface area contributed by atoms with Crippen LogP contribution in [-0.2, 0) is 0 Å². The third-order valence-corrected chi connectivity index (χ3v) is 7.39. The smallest absolute Gasteiger partial charge is 0.264 e. The van der Waals surface area contributed by atoms with Gasteiger partial charge in [0, 0.05) is 40.4 Å². The van der Waals surface area contributed by atoms with E-state index in [0.717, 1.165) is 29.5 Å². The van der Waals surface area contributed by atoms with Crippen LogP contribution in [0.25, 0.3) is 10.4 Å². The van der Waals surface area contributed by atoms with Crippen molar-refractivity contribution < 1.29 is 9.59 Å². The molecule has 144 valence electrons. The molecule has 3 aromatic rings. The van der Waals surface area contributed by atoms with Crippen molar-refractivity contribution in [3.8, 4) is 10.4 Å². The lowest BCUT2D eigenvalue weighted by molar-refractivity contribution is 0.0541. The molecular weight excluding hydrogens is 456 g/mol. The zero-order chi connectivity index (χ0) is 19.7. The van der Waals surface area contributed by atoms with Crippen LogP contribution in [0.5, 0.6) is 0 Å². The lowest BCUT2D eigenvalue weighted by Gasteiger charge is -2.34. The van der Waals surface area contributed by atoms with Crippen molar-refractivity contribution >= 4 is 50.4 Å². The van der Waals surface area contributed by atoms with Gasteiger partial charge in [0.05, 0.1) is 9.75 Å². The molecule has 28 heavy (non-hydrogen) atoms. The first kappa shape index (κ1) is 19.4. The zero-order valence-electron chi connectivity index (χ0n) is 15.4. The van der Waals surface area contributed by atoms with E-state index >= 15 is 0 Å². The molecule has 4 nitrogen and oxygen atoms in total. The van der Waals surface area contributed by atoms with Gasteiger partial charge in [0.15, 0.2) is 0 Å². The minimum Gasteiger partial charge on any atom is -0.334 e. The predicted octanol–water partition coefficient (Wildman–Crippen LogP) is 5.15. The quantitative estimate of drug-likeness (QED) is 0.526. The number of benzene rings is 1. The summed E-state index contributed by atoms with van der Waals surface area (Å²) in [6.45, 7) is 4.29. The number of rotatable bonds is 3. The molecule has 0 radical (unpaired) electrons. The second-order valence-corrected chi connectivity index (χ2v) is 9.95. The van der Waals surface area contributed by atoms with Crippen LogP contribution in [0.15, 0.2) is 53.0 Å². The van der Waals surface area contributed by atoms with Crippen LogP contribution in [0.3, 0.4) is 0 Å². The first-order chi connectivity index (χ1) is 13.5. The summed E-state index contributed by atoms with van der Waals surface area (Å²) in [5, 5.41) is 0. The number of hydrogen-bond donors (Lipinski definition) is 0. The minimum atomic E-state index is 0.0485. The molecule has 1 saturated heterocycles. The van der Waals surface area contributed by atoms with Crippen molar-refractivity contribution in [2.75, 3.05) is 26.2 Å². The van der Waals surface area contributed by atoms with Crippen molar-refractivity contribution in [1.82, 2.24) is 9.80 Å². The van der Waals surface area contributed by atoms with Gasteiger partial charge < -0.3 is 9.80 Å². The Kier molecular flexibility index (Phi) is 5.66. The third kappa shape index (κ3) is 4.06. The van der Waals surface area contributed by atoms with Gasteiger partial charge in [0.25, 0.3) is 11.8 Å². The maximum absolute atomic E-state index is 12.9. The molecule has 0 bridgehead atoms. The average molecular weight is 475 g/mol. The molecule has 2 aromatic heterocycles. The first-order valence-corrected chi connectivity index (χ1v) is 11.4. The van der Waals surface area contributed by atoms with Crippen LogP contribution < -0.4 is 0 Å². The Morgan fingerprint density at radius 1 is 0.786 bits per heavy atom. The fourth-order valence-corrected chi connectivity index (χ4v) is 5.28. The maximum Gasteiger partial charge on any atom is 0.264 e. The SMILES string of the molecule is Cc1ccc(C(=O)N2CCN(C(=O)c3ccc(-c4ccc(Br)cc4)s3)CC2)s1. The second kappa shape index (κ2) is 8.19. The van der Waals surface area contributed by atoms with Crippen LogP contribution in [0.1, 0.15) is 24.2 Å². The van der Waals surface area contributed by atoms with E-state index in [0.29, 0.717) is 26.2 Å². The molecule has 1 aliphatic rings. The van der Waals surface area contributed by atoms with E-state index in [1.165, 1.54) is 22.7 Å². The highest BCUT2D eigenvalue weighted by Crippen LogP contribution is 2.30. The molecule has 1 aliphatic heterocycles. The third-order valence-electron chi connectivity index (χ3n) is 4.75. The van der Waals surface area contributed by atoms with Crippen LogP contribution in [-0.4, -0.2) is 47.8 Å². The number of nitrogens with zero attached hydrogens (tertiary/aromatic N) is 2. The monoisotopic (exact) mass is 474 g/mol. The average Bonchev–Trinajstić information content (AvgIpc) is 3.37. The Morgan fingerprint density at radius 3 is 1.86 bits per heavy atom. The summed E-state index contributed by atoms with van der Waals surface area (Å²) in [5.74, 6) is 0.117. The standard InChI is InChI=1S/C21H19BrN2O2S2/c1-14-2-7-18(27-14)20(25)23-10-12-24(13-11-23)21(26)19-9-8-17(28-19)15-3-5-16(22)6-4-15/h2-9H,10-13H2,1H3. The summed E-state index contributed by atoms with van der Waals surface area (Å²) in [4.78, 5) is 32.9. The minimum absolute atomic E-state index is 0.0485. The highest BCUT2D eigenvalue weighted by molar-refractivity contribution is 9.10. The van der Waals surface area contributed by atoms with Gasteiger partial charge in [-0.25, -0.2) is 0 Å². The van der Waals surface area contributed by atoms with Crippen molar-refractivity contribution in [2.24, 2.45) is 0 Å². The Morgan fingerprint density at radius 2 is 1.32 bits per heavy atom. The Balaban J connectivity index is 1.39. The highest BCUT2D eigenvalue weighted by atomic mass is 79.9. The number of halogens is 1. The molecule has 2 amide bonds. The number of aryl methyl sites for hydroxylation is 1. The van der Waals surface area contributed by atoms with Gasteiger partial charge in [-0.1, -0.05) is 28.1 Å². The van der Waals surface area contributed by atoms with Crippen molar-refractivity contribution in [2.45, 2.75) is 6.92 Å². The predicted molar refractivity (Wildman–Crippen MR) is 118 cm³/mol. The van der Waals surface area contributed by atoms with Crippen LogP contribution in [0.2, 0.25) is 0 Å². The number of carbonyl (C=O) groups excluding carboxylic acids is 2. The van der Waals surface area contributed by atoms with E-state index in [4.69, 9.17) is 0 Å². The summed E-state index contributed by atoms with van der Waals surface area (Å²) in [5.41, 5.74) is 1.11. The molecule has 0 unspecified atom stereocenters. The summed E-state index contributed by atoms with van der Waals surface area (Å²) < 4.78 is 1.04. The molecule has 7 heteroatoms. The molecule has 3 heterocycles. The molecule has 0 atom stereocenters. The van der Waals surface area contributed by atoms with Crippen LogP contribution in [0.4, 0.5) is 0 Å². The molecule has 0 saturated carbocycles. The molecule has 1 fully saturated rings. The molecule has 4 rings (SSSR count). The van der Waals surface area contributed by atoms with E-state index < -0.39 is 0 Å². The lowest BCUT2D eigenvalue weighted by atomic mass is 10.2. The van der Waals surface area contributed by atoms with E-state index in [2.05, 4.69) is 15.9 Å². The van der Waals surface area contributed by atoms with Gasteiger partial charge in [-0.15, -0.1) is 22.7 Å². The summed E-state index contributed by atoms with van der Waals surface area (Å²) >= 11 is 6.48. The van der Waals surface area contributed by atoms with Crippen LogP contribution >= 0.6 is 38.6 Å². The normalized spacial score (nSPS) is 14.4. The Labute approximate surface area is 180 Å². The van der Waals surface area contributed by atoms with Gasteiger partial charge in [0.2, 0.25) is 0 Å². The molecule has 1 aromatic carbocycles. The van der Waals surface area contributed by atoms with Gasteiger partial charge >= 0.3 is 0 Å². The number of thiophene rings is 2. The summed E-state index contributed by atoms with van der Waals surface area (Å²) in [7, 11) is 0. The zero-order valence-corrected chi connectivity index (χ0v) is 18.6. The topological polar surface area (TPSA) is 40.6 Å². The largest absolute Gasteiger partial charge is 0.334 e. The van der Waals surface area contributed by atoms with Crippen molar-refractivity contribution in [3.63, 3.8) is 0 Å². The molecular formula is C21H19BrN2O2S2. The van der Waals surface area contributed by atoms with E-state index in [1.807, 2.05) is 65.3 Å². The Bertz CT molecular complexity index is 1000. The van der Waals surface area contributed by atoms with E-state index in [1.54, 1.807) is 0 Å². The maximum atomic E-state index is 12.9. The van der Waals surface area contributed by atoms with E-state index in [9.17, 15) is 9.59 Å².